The molecule has 0 N–H and O–H groups in total. The Balaban J connectivity index is 0.938. The van der Waals surface area contributed by atoms with Crippen LogP contribution in [0.3, 0.4) is 0 Å². The molecule has 1 heterocycles. The Hall–Kier alpha value is -8.46. The fraction of sp³-hybridized carbons (Fsp3) is 0. The summed E-state index contributed by atoms with van der Waals surface area (Å²) in [6.45, 7) is 0. The molecule has 11 aromatic carbocycles. The number of aromatic nitrogens is 2. The molecule has 0 radical (unpaired) electrons. The van der Waals surface area contributed by atoms with Gasteiger partial charge in [0.05, 0.1) is 11.4 Å². The minimum Gasteiger partial charge on any atom is -0.228 e. The molecule has 1 aromatic heterocycles. The van der Waals surface area contributed by atoms with Crippen LogP contribution in [-0.2, 0) is 0 Å². The van der Waals surface area contributed by atoms with E-state index >= 15 is 0 Å². The Morgan fingerprint density at radius 1 is 0.234 bits per heavy atom. The summed E-state index contributed by atoms with van der Waals surface area (Å²) in [6.07, 6.45) is 0. The van der Waals surface area contributed by atoms with Crippen molar-refractivity contribution in [2.75, 3.05) is 0 Å². The second kappa shape index (κ2) is 15.8. The summed E-state index contributed by atoms with van der Waals surface area (Å²) in [5.74, 6) is 0.705. The lowest BCUT2D eigenvalue weighted by Crippen LogP contribution is -1.97. The first-order valence-electron chi connectivity index (χ1n) is 21.9. The molecule has 0 fully saturated rings. The van der Waals surface area contributed by atoms with Gasteiger partial charge in [-0.25, -0.2) is 9.97 Å². The lowest BCUT2D eigenvalue weighted by atomic mass is 9.84. The van der Waals surface area contributed by atoms with Crippen LogP contribution in [0.2, 0.25) is 0 Å². The van der Waals surface area contributed by atoms with Gasteiger partial charge in [-0.05, 0) is 106 Å². The summed E-state index contributed by atoms with van der Waals surface area (Å²) in [5, 5.41) is 9.92. The second-order valence-electron chi connectivity index (χ2n) is 16.5. The van der Waals surface area contributed by atoms with E-state index < -0.39 is 0 Å². The third-order valence-corrected chi connectivity index (χ3v) is 12.7. The smallest absolute Gasteiger partial charge is 0.160 e. The molecular formula is C62H40N2. The minimum atomic E-state index is 0.705. The molecule has 0 aliphatic heterocycles. The molecule has 0 aliphatic rings. The molecule has 12 aromatic rings. The van der Waals surface area contributed by atoms with Gasteiger partial charge in [0.25, 0.3) is 0 Å². The van der Waals surface area contributed by atoms with E-state index in [1.807, 2.05) is 18.2 Å². The van der Waals surface area contributed by atoms with E-state index in [0.717, 1.165) is 44.6 Å². The summed E-state index contributed by atoms with van der Waals surface area (Å²) in [6, 6.07) is 87.2. The van der Waals surface area contributed by atoms with Gasteiger partial charge in [0, 0.05) is 16.7 Å². The molecule has 2 heteroatoms. The fourth-order valence-electron chi connectivity index (χ4n) is 9.60. The van der Waals surface area contributed by atoms with Crippen molar-refractivity contribution < 1.29 is 0 Å². The summed E-state index contributed by atoms with van der Waals surface area (Å²) in [4.78, 5) is 10.3. The molecule has 64 heavy (non-hydrogen) atoms. The van der Waals surface area contributed by atoms with Gasteiger partial charge < -0.3 is 0 Å². The molecule has 0 amide bonds. The van der Waals surface area contributed by atoms with Gasteiger partial charge in [0.1, 0.15) is 0 Å². The van der Waals surface area contributed by atoms with Gasteiger partial charge in [0.2, 0.25) is 0 Å². The zero-order valence-electron chi connectivity index (χ0n) is 35.0. The van der Waals surface area contributed by atoms with Gasteiger partial charge in [-0.15, -0.1) is 0 Å². The van der Waals surface area contributed by atoms with Crippen molar-refractivity contribution >= 4 is 43.1 Å². The largest absolute Gasteiger partial charge is 0.228 e. The van der Waals surface area contributed by atoms with Crippen LogP contribution >= 0.6 is 0 Å². The highest BCUT2D eigenvalue weighted by molar-refractivity contribution is 6.28. The maximum absolute atomic E-state index is 5.17. The van der Waals surface area contributed by atoms with Gasteiger partial charge >= 0.3 is 0 Å². The van der Waals surface area contributed by atoms with Crippen molar-refractivity contribution in [2.24, 2.45) is 0 Å². The molecule has 2 nitrogen and oxygen atoms in total. The quantitative estimate of drug-likeness (QED) is 0.118. The summed E-state index contributed by atoms with van der Waals surface area (Å²) in [5.41, 5.74) is 14.5. The molecule has 0 atom stereocenters. The first kappa shape index (κ1) is 37.3. The fourth-order valence-corrected chi connectivity index (χ4v) is 9.60. The first-order valence-corrected chi connectivity index (χ1v) is 21.9. The maximum atomic E-state index is 5.17. The highest BCUT2D eigenvalue weighted by Gasteiger charge is 2.19. The van der Waals surface area contributed by atoms with Crippen molar-refractivity contribution in [2.45, 2.75) is 0 Å². The number of hydrogen-bond donors (Lipinski definition) is 0. The van der Waals surface area contributed by atoms with Gasteiger partial charge in [-0.3, -0.25) is 0 Å². The zero-order valence-corrected chi connectivity index (χ0v) is 35.0. The third kappa shape index (κ3) is 6.61. The SMILES string of the molecule is c1ccc(-c2nc(-c3ccc4cc(-c5ccc(-c6c7ccccc7c(-c7ccccc7)c7ccc8ccccc8c67)cc5)ccc4c3)cc(-c3ccccc3-c3ccccc3)n2)cc1. The first-order chi connectivity index (χ1) is 31.7. The Morgan fingerprint density at radius 3 is 1.44 bits per heavy atom. The minimum absolute atomic E-state index is 0.705. The van der Waals surface area contributed by atoms with Crippen LogP contribution in [-0.4, -0.2) is 9.97 Å². The molecule has 0 bridgehead atoms. The molecule has 12 rings (SSSR count). The zero-order chi connectivity index (χ0) is 42.4. The van der Waals surface area contributed by atoms with Crippen LogP contribution in [0.15, 0.2) is 243 Å². The van der Waals surface area contributed by atoms with Crippen molar-refractivity contribution in [3.8, 4) is 78.4 Å². The molecule has 0 saturated carbocycles. The molecule has 298 valence electrons. The number of benzene rings is 11. The normalized spacial score (nSPS) is 11.4. The molecule has 0 saturated heterocycles. The standard InChI is InChI=1S/C62H40N2/c1-4-16-42(17-5-1)51-23-12-13-25-53(51)58-40-57(63-62(64-58)46-21-8-3-9-22-46)50-35-34-48-38-47(32-33-49(48)39-50)41-28-30-45(31-29-41)60-55-27-15-14-26-54(55)59(44-19-6-2-7-20-44)56-37-36-43-18-10-11-24-52(43)61(56)60/h1-40H. The molecule has 0 spiro atoms. The third-order valence-electron chi connectivity index (χ3n) is 12.7. The lowest BCUT2D eigenvalue weighted by molar-refractivity contribution is 1.18. The van der Waals surface area contributed by atoms with E-state index in [1.165, 1.54) is 71.1 Å². The van der Waals surface area contributed by atoms with Crippen LogP contribution < -0.4 is 0 Å². The maximum Gasteiger partial charge on any atom is 0.160 e. The second-order valence-corrected chi connectivity index (χ2v) is 16.5. The average molecular weight is 813 g/mol. The van der Waals surface area contributed by atoms with Crippen molar-refractivity contribution in [3.63, 3.8) is 0 Å². The van der Waals surface area contributed by atoms with Gasteiger partial charge in [0.15, 0.2) is 5.82 Å². The van der Waals surface area contributed by atoms with Crippen molar-refractivity contribution in [3.05, 3.63) is 243 Å². The number of fused-ring (bicyclic) bond motifs is 5. The van der Waals surface area contributed by atoms with Crippen molar-refractivity contribution in [1.82, 2.24) is 9.97 Å². The number of hydrogen-bond acceptors (Lipinski definition) is 2. The summed E-state index contributed by atoms with van der Waals surface area (Å²) >= 11 is 0. The van der Waals surface area contributed by atoms with Crippen molar-refractivity contribution in [1.29, 1.82) is 0 Å². The predicted molar refractivity (Wildman–Crippen MR) is 270 cm³/mol. The van der Waals surface area contributed by atoms with Gasteiger partial charge in [-0.2, -0.15) is 0 Å². The molecule has 0 aliphatic carbocycles. The highest BCUT2D eigenvalue weighted by atomic mass is 14.9. The molecular weight excluding hydrogens is 773 g/mol. The summed E-state index contributed by atoms with van der Waals surface area (Å²) < 4.78 is 0. The Morgan fingerprint density at radius 2 is 0.719 bits per heavy atom. The van der Waals surface area contributed by atoms with Gasteiger partial charge in [-0.1, -0.05) is 224 Å². The van der Waals surface area contributed by atoms with E-state index in [1.54, 1.807) is 0 Å². The Bertz CT molecular complexity index is 3690. The van der Waals surface area contributed by atoms with Crippen LogP contribution in [0.5, 0.6) is 0 Å². The average Bonchev–Trinajstić information content (AvgIpc) is 3.38. The van der Waals surface area contributed by atoms with E-state index in [4.69, 9.17) is 9.97 Å². The summed E-state index contributed by atoms with van der Waals surface area (Å²) in [7, 11) is 0. The van der Waals surface area contributed by atoms with E-state index in [2.05, 4.69) is 224 Å². The predicted octanol–water partition coefficient (Wildman–Crippen LogP) is 16.8. The number of rotatable bonds is 7. The Kier molecular flexibility index (Phi) is 9.20. The molecule has 0 unspecified atom stereocenters. The van der Waals surface area contributed by atoms with Crippen LogP contribution in [0.4, 0.5) is 0 Å². The Labute approximate surface area is 372 Å². The van der Waals surface area contributed by atoms with E-state index in [9.17, 15) is 0 Å². The van der Waals surface area contributed by atoms with Crippen LogP contribution in [0.25, 0.3) is 122 Å². The number of nitrogens with zero attached hydrogens (tertiary/aromatic N) is 2. The highest BCUT2D eigenvalue weighted by Crippen LogP contribution is 2.46. The monoisotopic (exact) mass is 812 g/mol. The topological polar surface area (TPSA) is 25.8 Å². The van der Waals surface area contributed by atoms with Crippen LogP contribution in [0, 0.1) is 0 Å². The van der Waals surface area contributed by atoms with Crippen LogP contribution in [0.1, 0.15) is 0 Å². The van der Waals surface area contributed by atoms with E-state index in [-0.39, 0.29) is 0 Å². The lowest BCUT2D eigenvalue weighted by Gasteiger charge is -2.19. The van der Waals surface area contributed by atoms with E-state index in [0.29, 0.717) is 5.82 Å².